The number of nitrogens with one attached hydrogen (secondary N) is 3. The van der Waals surface area contributed by atoms with Crippen LogP contribution >= 0.6 is 0 Å². The second-order valence-corrected chi connectivity index (χ2v) is 11.7. The number of anilines is 1. The highest BCUT2D eigenvalue weighted by Crippen LogP contribution is 2.38. The van der Waals surface area contributed by atoms with Crippen LogP contribution in [-0.4, -0.2) is 68.8 Å². The number of methoxy groups -OCH3 is 3. The van der Waals surface area contributed by atoms with Gasteiger partial charge in [0, 0.05) is 12.1 Å². The van der Waals surface area contributed by atoms with E-state index in [4.69, 9.17) is 18.9 Å². The van der Waals surface area contributed by atoms with Crippen molar-refractivity contribution in [1.29, 1.82) is 0 Å². The Morgan fingerprint density at radius 2 is 1.41 bits per heavy atom. The highest BCUT2D eigenvalue weighted by atomic mass is 16.6. The van der Waals surface area contributed by atoms with E-state index < -0.39 is 37.4 Å². The summed E-state index contributed by atoms with van der Waals surface area (Å²) in [7, 11) is 2.51. The number of amides is 2. The Hall–Kier alpha value is -4.26. The van der Waals surface area contributed by atoms with Crippen LogP contribution in [0.15, 0.2) is 66.7 Å². The zero-order valence-corrected chi connectivity index (χ0v) is 27.6. The average Bonchev–Trinajstić information content (AvgIpc) is 3.02. The maximum absolute atomic E-state index is 14.0. The van der Waals surface area contributed by atoms with Crippen molar-refractivity contribution in [2.45, 2.75) is 58.8 Å². The van der Waals surface area contributed by atoms with Crippen molar-refractivity contribution in [3.05, 3.63) is 72.3 Å². The van der Waals surface area contributed by atoms with Crippen LogP contribution in [0.2, 0.25) is 0 Å². The fourth-order valence-electron chi connectivity index (χ4n) is 5.08. The van der Waals surface area contributed by atoms with Gasteiger partial charge < -0.3 is 44.9 Å². The summed E-state index contributed by atoms with van der Waals surface area (Å²) in [5.41, 5.74) is 3.44. The van der Waals surface area contributed by atoms with Gasteiger partial charge >= 0.3 is 7.32 Å². The molecule has 0 heterocycles. The van der Waals surface area contributed by atoms with E-state index >= 15 is 0 Å². The smallest absolute Gasteiger partial charge is 0.493 e. The lowest BCUT2D eigenvalue weighted by Crippen LogP contribution is -2.56. The number of hydrogen-bond acceptors (Lipinski definition) is 9. The third-order valence-corrected chi connectivity index (χ3v) is 7.31. The van der Waals surface area contributed by atoms with Gasteiger partial charge in [-0.3, -0.25) is 9.59 Å². The van der Waals surface area contributed by atoms with Crippen molar-refractivity contribution in [3.8, 4) is 28.4 Å². The molecule has 3 aromatic carbocycles. The predicted octanol–water partition coefficient (Wildman–Crippen LogP) is 4.02. The molecule has 0 fully saturated rings. The normalized spacial score (nSPS) is 13.0. The fourth-order valence-corrected chi connectivity index (χ4v) is 5.08. The Kier molecular flexibility index (Phi) is 13.7. The van der Waals surface area contributed by atoms with Gasteiger partial charge in [0.1, 0.15) is 18.3 Å². The zero-order chi connectivity index (χ0) is 33.8. The molecule has 0 radical (unpaired) electrons. The molecule has 0 unspecified atom stereocenters. The molecule has 0 aliphatic rings. The molecule has 0 saturated heterocycles. The second kappa shape index (κ2) is 17.4. The first-order valence-corrected chi connectivity index (χ1v) is 15.3. The molecule has 0 saturated carbocycles. The van der Waals surface area contributed by atoms with E-state index in [1.807, 2.05) is 82.3 Å². The van der Waals surface area contributed by atoms with Crippen molar-refractivity contribution in [2.24, 2.45) is 11.8 Å². The molecule has 3 atom stereocenters. The number of carbonyl (C=O) groups is 2. The molecule has 3 rings (SSSR count). The first-order chi connectivity index (χ1) is 21.9. The Morgan fingerprint density at radius 1 is 0.783 bits per heavy atom. The van der Waals surface area contributed by atoms with Gasteiger partial charge in [-0.05, 0) is 59.2 Å². The summed E-state index contributed by atoms with van der Waals surface area (Å²) in [5.74, 6) is 0.192. The van der Waals surface area contributed by atoms with Crippen LogP contribution in [-0.2, 0) is 20.7 Å². The second-order valence-electron chi connectivity index (χ2n) is 11.7. The summed E-state index contributed by atoms with van der Waals surface area (Å²) >= 11 is 0. The number of rotatable bonds is 17. The predicted molar refractivity (Wildman–Crippen MR) is 179 cm³/mol. The molecule has 5 N–H and O–H groups in total. The third kappa shape index (κ3) is 10.4. The van der Waals surface area contributed by atoms with Gasteiger partial charge in [-0.2, -0.15) is 0 Å². The van der Waals surface area contributed by atoms with E-state index in [0.717, 1.165) is 16.7 Å². The maximum atomic E-state index is 14.0. The number of benzene rings is 3. The van der Waals surface area contributed by atoms with Gasteiger partial charge in [-0.25, -0.2) is 0 Å². The lowest BCUT2D eigenvalue weighted by molar-refractivity contribution is -0.132. The summed E-state index contributed by atoms with van der Waals surface area (Å²) in [5, 5.41) is 27.7. The summed E-state index contributed by atoms with van der Waals surface area (Å²) in [6, 6.07) is 19.4. The Balaban J connectivity index is 1.95. The lowest BCUT2D eigenvalue weighted by Gasteiger charge is -2.28. The van der Waals surface area contributed by atoms with Gasteiger partial charge in [0.05, 0.1) is 21.3 Å². The van der Waals surface area contributed by atoms with Crippen LogP contribution in [0.25, 0.3) is 11.1 Å². The molecule has 0 aliphatic carbocycles. The van der Waals surface area contributed by atoms with Crippen molar-refractivity contribution < 1.29 is 38.5 Å². The summed E-state index contributed by atoms with van der Waals surface area (Å²) < 4.78 is 21.6. The number of ether oxygens (including phenoxy) is 3. The Morgan fingerprint density at radius 3 is 1.96 bits per heavy atom. The van der Waals surface area contributed by atoms with Crippen LogP contribution in [0.4, 0.5) is 5.69 Å². The van der Waals surface area contributed by atoms with Gasteiger partial charge in [0.2, 0.25) is 17.6 Å². The molecular weight excluding hydrogens is 589 g/mol. The molecule has 12 heteroatoms. The summed E-state index contributed by atoms with van der Waals surface area (Å²) in [4.78, 5) is 27.5. The van der Waals surface area contributed by atoms with Gasteiger partial charge in [0.25, 0.3) is 0 Å². The van der Waals surface area contributed by atoms with Gasteiger partial charge in [-0.15, -0.1) is 0 Å². The molecule has 0 aliphatic heterocycles. The minimum atomic E-state index is -2.06. The van der Waals surface area contributed by atoms with Crippen LogP contribution < -0.4 is 30.2 Å². The molecule has 0 aromatic heterocycles. The van der Waals surface area contributed by atoms with Crippen molar-refractivity contribution in [1.82, 2.24) is 10.6 Å². The fraction of sp³-hybridized carbons (Fsp3) is 0.412. The lowest BCUT2D eigenvalue weighted by atomic mass is 9.99. The van der Waals surface area contributed by atoms with E-state index in [1.54, 1.807) is 12.1 Å². The maximum Gasteiger partial charge on any atom is 0.635 e. The van der Waals surface area contributed by atoms with Crippen molar-refractivity contribution >= 4 is 24.8 Å². The van der Waals surface area contributed by atoms with Crippen LogP contribution in [0, 0.1) is 11.8 Å². The van der Waals surface area contributed by atoms with Crippen molar-refractivity contribution in [2.75, 3.05) is 26.6 Å². The third-order valence-electron chi connectivity index (χ3n) is 7.31. The Bertz CT molecular complexity index is 1390. The van der Waals surface area contributed by atoms with Crippen molar-refractivity contribution in [3.63, 3.8) is 0 Å². The van der Waals surface area contributed by atoms with E-state index in [0.29, 0.717) is 29.4 Å². The quantitative estimate of drug-likeness (QED) is 0.110. The Labute approximate surface area is 271 Å². The van der Waals surface area contributed by atoms with Crippen LogP contribution in [0.1, 0.15) is 39.7 Å². The minimum absolute atomic E-state index is 0.0925. The standard InChI is InChI=1S/C34H46BN3O8/c1-21(2)16-30(46-35(41)42)37-34(40)31(22(3)4)38-33(39)27(17-23-18-28(43-5)32(45-7)29(19-23)44-6)36-26-15-11-14-25(20-26)24-12-9-8-10-13-24/h8-15,18-22,27,30-31,36,41-42H,16-17H2,1-7H3,(H,37,40)(H,38,39)/t27-,30-,31+/m1/s1. The van der Waals surface area contributed by atoms with Gasteiger partial charge in [0.15, 0.2) is 11.5 Å². The van der Waals surface area contributed by atoms with E-state index in [-0.39, 0.29) is 18.3 Å². The SMILES string of the molecule is COc1cc(C[C@@H](Nc2cccc(-c3ccccc3)c2)C(=O)N[C@H](C(=O)N[C@@H](CC(C)C)OB(O)O)C(C)C)cc(OC)c1OC. The monoisotopic (exact) mass is 635 g/mol. The first kappa shape index (κ1) is 36.2. The molecule has 248 valence electrons. The molecule has 2 amide bonds. The molecular formula is C34H46BN3O8. The molecule has 0 spiro atoms. The van der Waals surface area contributed by atoms with Gasteiger partial charge in [-0.1, -0.05) is 70.2 Å². The highest BCUT2D eigenvalue weighted by Gasteiger charge is 2.31. The van der Waals surface area contributed by atoms with E-state index in [1.165, 1.54) is 21.3 Å². The minimum Gasteiger partial charge on any atom is -0.493 e. The molecule has 0 bridgehead atoms. The summed E-state index contributed by atoms with van der Waals surface area (Å²) in [6.45, 7) is 7.46. The van der Waals surface area contributed by atoms with Crippen LogP contribution in [0.5, 0.6) is 17.2 Å². The zero-order valence-electron chi connectivity index (χ0n) is 27.6. The summed E-state index contributed by atoms with van der Waals surface area (Å²) in [6.07, 6.45) is -0.412. The molecule has 11 nitrogen and oxygen atoms in total. The molecule has 3 aromatic rings. The van der Waals surface area contributed by atoms with Crippen LogP contribution in [0.3, 0.4) is 0 Å². The molecule has 46 heavy (non-hydrogen) atoms. The number of carbonyl (C=O) groups excluding carboxylic acids is 2. The topological polar surface area (TPSA) is 148 Å². The average molecular weight is 636 g/mol. The van der Waals surface area contributed by atoms with E-state index in [9.17, 15) is 19.6 Å². The van der Waals surface area contributed by atoms with E-state index in [2.05, 4.69) is 16.0 Å². The highest BCUT2D eigenvalue weighted by molar-refractivity contribution is 6.32. The first-order valence-electron chi connectivity index (χ1n) is 15.3. The number of hydrogen-bond donors (Lipinski definition) is 5. The largest absolute Gasteiger partial charge is 0.635 e.